The van der Waals surface area contributed by atoms with Gasteiger partial charge in [-0.15, -0.1) is 0 Å². The van der Waals surface area contributed by atoms with Gasteiger partial charge in [0.05, 0.1) is 16.1 Å². The highest BCUT2D eigenvalue weighted by Gasteiger charge is 2.16. The van der Waals surface area contributed by atoms with Gasteiger partial charge in [-0.3, -0.25) is 24.5 Å². The van der Waals surface area contributed by atoms with Crippen molar-refractivity contribution in [1.29, 1.82) is 0 Å². The number of anilines is 1. The predicted octanol–water partition coefficient (Wildman–Crippen LogP) is 3.73. The minimum atomic E-state index is -0.818. The topological polar surface area (TPSA) is 148 Å². The molecule has 0 saturated carbocycles. The first-order valence-corrected chi connectivity index (χ1v) is 10.3. The zero-order valence-electron chi connectivity index (χ0n) is 18.0. The number of esters is 1. The van der Waals surface area contributed by atoms with E-state index in [1.54, 1.807) is 30.3 Å². The molecule has 0 radical (unpaired) electrons. The van der Waals surface area contributed by atoms with Crippen LogP contribution in [0.15, 0.2) is 83.7 Å². The van der Waals surface area contributed by atoms with E-state index in [-0.39, 0.29) is 28.1 Å². The number of H-pyrrole nitrogens is 1. The Morgan fingerprint density at radius 2 is 1.66 bits per heavy atom. The standard InChI is InChI=1S/C25H17N3O7/c29-22(15-5-4-8-18(12-15)28(33)34)14-35-25(32)16-6-3-7-17(11-16)26-24(31)20-13-23(30)27-21-10-2-1-9-19(20)21/h1-13H,14H2,(H,26,31)(H,27,30). The smallest absolute Gasteiger partial charge is 0.338 e. The van der Waals surface area contributed by atoms with Crippen molar-refractivity contribution >= 4 is 39.9 Å². The summed E-state index contributed by atoms with van der Waals surface area (Å²) in [6, 6.07) is 19.0. The van der Waals surface area contributed by atoms with E-state index >= 15 is 0 Å². The third-order valence-corrected chi connectivity index (χ3v) is 5.06. The monoisotopic (exact) mass is 471 g/mol. The lowest BCUT2D eigenvalue weighted by atomic mass is 10.1. The van der Waals surface area contributed by atoms with Crippen LogP contribution in [0.1, 0.15) is 31.1 Å². The molecule has 0 spiro atoms. The van der Waals surface area contributed by atoms with Crippen molar-refractivity contribution in [2.75, 3.05) is 11.9 Å². The highest BCUT2D eigenvalue weighted by Crippen LogP contribution is 2.18. The van der Waals surface area contributed by atoms with Crippen LogP contribution in [0.3, 0.4) is 0 Å². The first-order chi connectivity index (χ1) is 16.8. The number of ketones is 1. The number of ether oxygens (including phenoxy) is 1. The molecule has 10 heteroatoms. The third-order valence-electron chi connectivity index (χ3n) is 5.06. The lowest BCUT2D eigenvalue weighted by molar-refractivity contribution is -0.384. The number of nitro groups is 1. The molecule has 0 saturated heterocycles. The number of para-hydroxylation sites is 1. The largest absolute Gasteiger partial charge is 0.454 e. The van der Waals surface area contributed by atoms with Crippen LogP contribution in [0.2, 0.25) is 0 Å². The quantitative estimate of drug-likeness (QED) is 0.181. The fourth-order valence-corrected chi connectivity index (χ4v) is 3.41. The Hall–Kier alpha value is -5.12. The highest BCUT2D eigenvalue weighted by molar-refractivity contribution is 6.12. The van der Waals surface area contributed by atoms with E-state index in [1.165, 1.54) is 42.5 Å². The van der Waals surface area contributed by atoms with Gasteiger partial charge in [-0.1, -0.05) is 36.4 Å². The molecule has 174 valence electrons. The van der Waals surface area contributed by atoms with Crippen molar-refractivity contribution < 1.29 is 24.0 Å². The Bertz CT molecular complexity index is 1540. The number of hydrogen-bond acceptors (Lipinski definition) is 7. The van der Waals surface area contributed by atoms with Gasteiger partial charge in [0.2, 0.25) is 11.3 Å². The summed E-state index contributed by atoms with van der Waals surface area (Å²) >= 11 is 0. The van der Waals surface area contributed by atoms with Gasteiger partial charge in [0.15, 0.2) is 6.61 Å². The van der Waals surface area contributed by atoms with Crippen molar-refractivity contribution in [1.82, 2.24) is 4.98 Å². The molecule has 0 atom stereocenters. The molecule has 0 aliphatic heterocycles. The summed E-state index contributed by atoms with van der Waals surface area (Å²) in [7, 11) is 0. The second-order valence-corrected chi connectivity index (χ2v) is 7.43. The van der Waals surface area contributed by atoms with Crippen molar-refractivity contribution in [2.24, 2.45) is 0 Å². The minimum absolute atomic E-state index is 0.0399. The second kappa shape index (κ2) is 9.79. The number of aromatic amines is 1. The predicted molar refractivity (Wildman–Crippen MR) is 127 cm³/mol. The van der Waals surface area contributed by atoms with E-state index in [0.717, 1.165) is 6.07 Å². The fraction of sp³-hybridized carbons (Fsp3) is 0.0400. The highest BCUT2D eigenvalue weighted by atomic mass is 16.6. The lowest BCUT2D eigenvalue weighted by Gasteiger charge is -2.09. The molecule has 35 heavy (non-hydrogen) atoms. The van der Waals surface area contributed by atoms with Crippen LogP contribution in [-0.4, -0.2) is 34.2 Å². The number of carbonyl (C=O) groups is 3. The van der Waals surface area contributed by atoms with Gasteiger partial charge < -0.3 is 15.0 Å². The maximum atomic E-state index is 12.8. The number of hydrogen-bond donors (Lipinski definition) is 2. The molecular formula is C25H17N3O7. The van der Waals surface area contributed by atoms with Gasteiger partial charge in [-0.25, -0.2) is 4.79 Å². The molecule has 0 unspecified atom stereocenters. The van der Waals surface area contributed by atoms with Gasteiger partial charge in [-0.05, 0) is 24.3 Å². The maximum Gasteiger partial charge on any atom is 0.338 e. The molecule has 0 fully saturated rings. The molecule has 10 nitrogen and oxygen atoms in total. The van der Waals surface area contributed by atoms with Crippen LogP contribution in [0.25, 0.3) is 10.9 Å². The lowest BCUT2D eigenvalue weighted by Crippen LogP contribution is -2.17. The average molecular weight is 471 g/mol. The molecule has 0 aliphatic carbocycles. The van der Waals surface area contributed by atoms with Crippen LogP contribution >= 0.6 is 0 Å². The SMILES string of the molecule is O=C(COC(=O)c1cccc(NC(=O)c2cc(=O)[nH]c3ccccc23)c1)c1cccc([N+](=O)[O-])c1. The fourth-order valence-electron chi connectivity index (χ4n) is 3.41. The third kappa shape index (κ3) is 5.28. The zero-order valence-corrected chi connectivity index (χ0v) is 18.0. The van der Waals surface area contributed by atoms with E-state index in [4.69, 9.17) is 4.74 Å². The normalized spacial score (nSPS) is 10.5. The molecule has 3 aromatic carbocycles. The molecule has 0 aliphatic rings. The number of fused-ring (bicyclic) bond motifs is 1. The van der Waals surface area contributed by atoms with Crippen LogP contribution in [0.5, 0.6) is 0 Å². The Balaban J connectivity index is 1.45. The Labute approximate surface area is 197 Å². The van der Waals surface area contributed by atoms with Crippen LogP contribution < -0.4 is 10.9 Å². The molecule has 1 aromatic heterocycles. The summed E-state index contributed by atoms with van der Waals surface area (Å²) in [6.45, 7) is -0.616. The van der Waals surface area contributed by atoms with Gasteiger partial charge in [0.25, 0.3) is 11.6 Å². The number of nitro benzene ring substituents is 1. The van der Waals surface area contributed by atoms with Gasteiger partial charge in [0.1, 0.15) is 0 Å². The molecule has 1 heterocycles. The summed E-state index contributed by atoms with van der Waals surface area (Å²) in [6.07, 6.45) is 0. The molecule has 0 bridgehead atoms. The van der Waals surface area contributed by atoms with E-state index in [1.807, 2.05) is 0 Å². The first kappa shape index (κ1) is 23.1. The van der Waals surface area contributed by atoms with Crippen LogP contribution in [0.4, 0.5) is 11.4 Å². The van der Waals surface area contributed by atoms with Gasteiger partial charge >= 0.3 is 5.97 Å². The van der Waals surface area contributed by atoms with Crippen LogP contribution in [0, 0.1) is 10.1 Å². The number of rotatable bonds is 7. The number of pyridine rings is 1. The van der Waals surface area contributed by atoms with Crippen molar-refractivity contribution in [3.05, 3.63) is 116 Å². The number of amides is 1. The van der Waals surface area contributed by atoms with E-state index in [2.05, 4.69) is 10.3 Å². The zero-order chi connectivity index (χ0) is 24.9. The Kier molecular flexibility index (Phi) is 6.45. The minimum Gasteiger partial charge on any atom is -0.454 e. The summed E-state index contributed by atoms with van der Waals surface area (Å²) in [4.78, 5) is 62.4. The number of carbonyl (C=O) groups excluding carboxylic acids is 3. The Morgan fingerprint density at radius 3 is 2.46 bits per heavy atom. The molecule has 1 amide bonds. The molecule has 4 aromatic rings. The first-order valence-electron chi connectivity index (χ1n) is 10.3. The number of non-ortho nitro benzene ring substituents is 1. The molecule has 2 N–H and O–H groups in total. The molecule has 4 rings (SSSR count). The van der Waals surface area contributed by atoms with E-state index in [9.17, 15) is 29.3 Å². The summed E-state index contributed by atoms with van der Waals surface area (Å²) in [5.74, 6) is -1.96. The number of benzene rings is 3. The average Bonchev–Trinajstić information content (AvgIpc) is 2.86. The Morgan fingerprint density at radius 1 is 0.914 bits per heavy atom. The van der Waals surface area contributed by atoms with Crippen molar-refractivity contribution in [2.45, 2.75) is 0 Å². The number of aromatic nitrogens is 1. The van der Waals surface area contributed by atoms with Gasteiger partial charge in [-0.2, -0.15) is 0 Å². The van der Waals surface area contributed by atoms with Crippen molar-refractivity contribution in [3.63, 3.8) is 0 Å². The molecular weight excluding hydrogens is 454 g/mol. The van der Waals surface area contributed by atoms with Gasteiger partial charge in [0, 0.05) is 40.4 Å². The van der Waals surface area contributed by atoms with Crippen LogP contribution in [-0.2, 0) is 4.74 Å². The number of nitrogens with one attached hydrogen (secondary N) is 2. The second-order valence-electron chi connectivity index (χ2n) is 7.43. The summed E-state index contributed by atoms with van der Waals surface area (Å²) in [5, 5.41) is 14.1. The van der Waals surface area contributed by atoms with E-state index in [0.29, 0.717) is 10.9 Å². The maximum absolute atomic E-state index is 12.8. The number of nitrogens with zero attached hydrogens (tertiary/aromatic N) is 1. The summed E-state index contributed by atoms with van der Waals surface area (Å²) in [5.41, 5.74) is 0.386. The van der Waals surface area contributed by atoms with E-state index < -0.39 is 34.7 Å². The summed E-state index contributed by atoms with van der Waals surface area (Å²) < 4.78 is 5.05. The number of Topliss-reactive ketones (excluding diaryl/α,β-unsaturated/α-hetero) is 1. The van der Waals surface area contributed by atoms with Crippen molar-refractivity contribution in [3.8, 4) is 0 Å².